The van der Waals surface area contributed by atoms with Crippen LogP contribution in [0.3, 0.4) is 0 Å². The van der Waals surface area contributed by atoms with Crippen molar-refractivity contribution in [3.05, 3.63) is 34.1 Å². The summed E-state index contributed by atoms with van der Waals surface area (Å²) in [6, 6.07) is 3.70. The van der Waals surface area contributed by atoms with Crippen LogP contribution in [-0.2, 0) is 0 Å². The lowest BCUT2D eigenvalue weighted by atomic mass is 10.0. The zero-order chi connectivity index (χ0) is 13.0. The zero-order valence-electron chi connectivity index (χ0n) is 9.68. The standard InChI is InChI=1S/C11H15FN2O3/c1-7(6-15)8(2)13-10-5-3-4-9(12)11(10)14(16)17/h3-5,7-8,13,15H,6H2,1-2H3. The van der Waals surface area contributed by atoms with Gasteiger partial charge in [0.2, 0.25) is 5.82 Å². The van der Waals surface area contributed by atoms with Gasteiger partial charge in [-0.3, -0.25) is 10.1 Å². The van der Waals surface area contributed by atoms with Crippen molar-refractivity contribution in [2.75, 3.05) is 11.9 Å². The van der Waals surface area contributed by atoms with Crippen LogP contribution in [-0.4, -0.2) is 22.7 Å². The fourth-order valence-electron chi connectivity index (χ4n) is 1.36. The first-order valence-corrected chi connectivity index (χ1v) is 5.27. The first kappa shape index (κ1) is 13.4. The molecule has 2 unspecified atom stereocenters. The largest absolute Gasteiger partial charge is 0.396 e. The monoisotopic (exact) mass is 242 g/mol. The van der Waals surface area contributed by atoms with E-state index >= 15 is 0 Å². The lowest BCUT2D eigenvalue weighted by Crippen LogP contribution is -2.26. The second-order valence-electron chi connectivity index (χ2n) is 3.99. The van der Waals surface area contributed by atoms with Gasteiger partial charge in [-0.25, -0.2) is 0 Å². The fraction of sp³-hybridized carbons (Fsp3) is 0.455. The maximum Gasteiger partial charge on any atom is 0.327 e. The van der Waals surface area contributed by atoms with E-state index < -0.39 is 16.4 Å². The van der Waals surface area contributed by atoms with Crippen LogP contribution in [0.25, 0.3) is 0 Å². The van der Waals surface area contributed by atoms with Crippen molar-refractivity contribution in [3.8, 4) is 0 Å². The van der Waals surface area contributed by atoms with Crippen LogP contribution in [0, 0.1) is 21.8 Å². The Kier molecular flexibility index (Phi) is 4.39. The second kappa shape index (κ2) is 5.58. The molecule has 0 heterocycles. The van der Waals surface area contributed by atoms with Crippen LogP contribution < -0.4 is 5.32 Å². The third-order valence-electron chi connectivity index (χ3n) is 2.69. The minimum absolute atomic E-state index is 0.0444. The predicted molar refractivity (Wildman–Crippen MR) is 62.4 cm³/mol. The van der Waals surface area contributed by atoms with E-state index in [-0.39, 0.29) is 24.3 Å². The van der Waals surface area contributed by atoms with Gasteiger partial charge in [0.05, 0.1) is 4.92 Å². The molecule has 0 saturated carbocycles. The Balaban J connectivity index is 2.98. The molecule has 0 radical (unpaired) electrons. The van der Waals surface area contributed by atoms with E-state index in [0.717, 1.165) is 6.07 Å². The molecule has 0 aliphatic heterocycles. The van der Waals surface area contributed by atoms with Gasteiger partial charge in [-0.1, -0.05) is 13.0 Å². The Labute approximate surface area is 98.4 Å². The SMILES string of the molecule is CC(CO)C(C)Nc1cccc(F)c1[N+](=O)[O-]. The van der Waals surface area contributed by atoms with Gasteiger partial charge >= 0.3 is 5.69 Å². The summed E-state index contributed by atoms with van der Waals surface area (Å²) in [5.74, 6) is -0.957. The van der Waals surface area contributed by atoms with Crippen molar-refractivity contribution in [2.24, 2.45) is 5.92 Å². The number of para-hydroxylation sites is 1. The van der Waals surface area contributed by atoms with Crippen LogP contribution >= 0.6 is 0 Å². The van der Waals surface area contributed by atoms with Gasteiger partial charge in [-0.2, -0.15) is 4.39 Å². The summed E-state index contributed by atoms with van der Waals surface area (Å²) in [5.41, 5.74) is -0.438. The summed E-state index contributed by atoms with van der Waals surface area (Å²) in [5, 5.41) is 22.5. The van der Waals surface area contributed by atoms with Gasteiger partial charge in [0.1, 0.15) is 5.69 Å². The van der Waals surface area contributed by atoms with Gasteiger partial charge in [0, 0.05) is 12.6 Å². The van der Waals surface area contributed by atoms with E-state index in [9.17, 15) is 14.5 Å². The molecule has 0 saturated heterocycles. The Morgan fingerprint density at radius 3 is 2.71 bits per heavy atom. The Bertz CT molecular complexity index is 412. The van der Waals surface area contributed by atoms with Crippen LogP contribution in [0.4, 0.5) is 15.8 Å². The normalized spacial score (nSPS) is 14.1. The van der Waals surface area contributed by atoms with E-state index in [1.807, 2.05) is 0 Å². The number of nitrogens with zero attached hydrogens (tertiary/aromatic N) is 1. The Morgan fingerprint density at radius 1 is 1.53 bits per heavy atom. The number of nitrogens with one attached hydrogen (secondary N) is 1. The molecule has 0 spiro atoms. The van der Waals surface area contributed by atoms with Crippen molar-refractivity contribution in [1.82, 2.24) is 0 Å². The van der Waals surface area contributed by atoms with Crippen LogP contribution in [0.5, 0.6) is 0 Å². The molecule has 1 aromatic rings. The number of benzene rings is 1. The smallest absolute Gasteiger partial charge is 0.327 e. The number of hydrogen-bond acceptors (Lipinski definition) is 4. The Morgan fingerprint density at radius 2 is 2.18 bits per heavy atom. The first-order valence-electron chi connectivity index (χ1n) is 5.27. The number of halogens is 1. The molecule has 0 aliphatic rings. The molecule has 5 nitrogen and oxygen atoms in total. The second-order valence-corrected chi connectivity index (χ2v) is 3.99. The number of anilines is 1. The van der Waals surface area contributed by atoms with Gasteiger partial charge in [0.25, 0.3) is 0 Å². The van der Waals surface area contributed by atoms with E-state index in [1.165, 1.54) is 12.1 Å². The molecule has 1 rings (SSSR count). The van der Waals surface area contributed by atoms with Gasteiger partial charge in [-0.15, -0.1) is 0 Å². The van der Waals surface area contributed by atoms with Crippen molar-refractivity contribution >= 4 is 11.4 Å². The topological polar surface area (TPSA) is 75.4 Å². The number of aliphatic hydroxyl groups is 1. The summed E-state index contributed by atoms with van der Waals surface area (Å²) in [4.78, 5) is 9.98. The number of nitro groups is 1. The summed E-state index contributed by atoms with van der Waals surface area (Å²) in [6.45, 7) is 3.52. The quantitative estimate of drug-likeness (QED) is 0.612. The lowest BCUT2D eigenvalue weighted by molar-refractivity contribution is -0.386. The maximum atomic E-state index is 13.3. The number of rotatable bonds is 5. The summed E-state index contributed by atoms with van der Waals surface area (Å²) in [6.07, 6.45) is 0. The molecule has 94 valence electrons. The van der Waals surface area contributed by atoms with E-state index in [4.69, 9.17) is 5.11 Å². The fourth-order valence-corrected chi connectivity index (χ4v) is 1.36. The van der Waals surface area contributed by atoms with Crippen molar-refractivity contribution in [3.63, 3.8) is 0 Å². The zero-order valence-corrected chi connectivity index (χ0v) is 9.68. The number of aliphatic hydroxyl groups excluding tert-OH is 1. The van der Waals surface area contributed by atoms with Gasteiger partial charge in [0.15, 0.2) is 0 Å². The van der Waals surface area contributed by atoms with Crippen LogP contribution in [0.2, 0.25) is 0 Å². The third-order valence-corrected chi connectivity index (χ3v) is 2.69. The highest BCUT2D eigenvalue weighted by atomic mass is 19.1. The minimum atomic E-state index is -0.871. The highest BCUT2D eigenvalue weighted by molar-refractivity contribution is 5.62. The molecule has 6 heteroatoms. The van der Waals surface area contributed by atoms with Crippen LogP contribution in [0.15, 0.2) is 18.2 Å². The van der Waals surface area contributed by atoms with Crippen molar-refractivity contribution in [1.29, 1.82) is 0 Å². The number of nitro benzene ring substituents is 1. The molecule has 1 aromatic carbocycles. The highest BCUT2D eigenvalue weighted by Crippen LogP contribution is 2.28. The summed E-state index contributed by atoms with van der Waals surface area (Å²) < 4.78 is 13.3. The molecular weight excluding hydrogens is 227 g/mol. The first-order chi connectivity index (χ1) is 7.97. The molecule has 2 atom stereocenters. The predicted octanol–water partition coefficient (Wildman–Crippen LogP) is 2.16. The molecule has 17 heavy (non-hydrogen) atoms. The summed E-state index contributed by atoms with van der Waals surface area (Å²) >= 11 is 0. The van der Waals surface area contributed by atoms with Crippen molar-refractivity contribution < 1.29 is 14.4 Å². The highest BCUT2D eigenvalue weighted by Gasteiger charge is 2.22. The van der Waals surface area contributed by atoms with Gasteiger partial charge in [-0.05, 0) is 25.0 Å². The molecule has 0 bridgehead atoms. The minimum Gasteiger partial charge on any atom is -0.396 e. The molecule has 0 amide bonds. The average molecular weight is 242 g/mol. The van der Waals surface area contributed by atoms with Gasteiger partial charge < -0.3 is 10.4 Å². The van der Waals surface area contributed by atoms with Crippen molar-refractivity contribution in [2.45, 2.75) is 19.9 Å². The van der Waals surface area contributed by atoms with E-state index in [0.29, 0.717) is 0 Å². The average Bonchev–Trinajstić information content (AvgIpc) is 2.27. The summed E-state index contributed by atoms with van der Waals surface area (Å²) in [7, 11) is 0. The number of hydrogen-bond donors (Lipinski definition) is 2. The molecule has 0 fully saturated rings. The molecule has 0 aromatic heterocycles. The lowest BCUT2D eigenvalue weighted by Gasteiger charge is -2.20. The molecular formula is C11H15FN2O3. The van der Waals surface area contributed by atoms with E-state index in [1.54, 1.807) is 13.8 Å². The van der Waals surface area contributed by atoms with Crippen LogP contribution in [0.1, 0.15) is 13.8 Å². The molecule has 0 aliphatic carbocycles. The van der Waals surface area contributed by atoms with E-state index in [2.05, 4.69) is 5.32 Å². The maximum absolute atomic E-state index is 13.3. The Hall–Kier alpha value is -1.69. The third kappa shape index (κ3) is 3.13. The molecule has 2 N–H and O–H groups in total.